The Hall–Kier alpha value is -2.28. The molecule has 2 aromatic rings. The molecule has 1 fully saturated rings. The minimum Gasteiger partial charge on any atom is -0.364 e. The average molecular weight is 286 g/mol. The van der Waals surface area contributed by atoms with Crippen LogP contribution in [-0.4, -0.2) is 43.9 Å². The lowest BCUT2D eigenvalue weighted by molar-refractivity contribution is 0.0995. The highest BCUT2D eigenvalue weighted by atomic mass is 16.1. The van der Waals surface area contributed by atoms with E-state index in [0.717, 1.165) is 26.1 Å². The van der Waals surface area contributed by atoms with Crippen LogP contribution in [0.1, 0.15) is 34.1 Å². The molecule has 2 N–H and O–H groups in total. The number of primary amides is 1. The molecule has 0 spiro atoms. The number of pyridine rings is 1. The van der Waals surface area contributed by atoms with E-state index in [0.29, 0.717) is 0 Å². The van der Waals surface area contributed by atoms with Gasteiger partial charge in [0.05, 0.1) is 12.2 Å². The summed E-state index contributed by atoms with van der Waals surface area (Å²) in [6, 6.07) is 2.27. The van der Waals surface area contributed by atoms with Gasteiger partial charge in [-0.1, -0.05) is 5.21 Å². The molecule has 110 valence electrons. The summed E-state index contributed by atoms with van der Waals surface area (Å²) < 4.78 is 1.75. The van der Waals surface area contributed by atoms with E-state index in [1.54, 1.807) is 10.9 Å². The van der Waals surface area contributed by atoms with Gasteiger partial charge in [0.25, 0.3) is 5.91 Å². The SMILES string of the molecule is Cc1ccncc1CN1CCC(n2cc(C(N)=O)nn2)C1. The molecule has 1 saturated heterocycles. The number of aromatic nitrogens is 4. The van der Waals surface area contributed by atoms with Crippen LogP contribution in [0.5, 0.6) is 0 Å². The summed E-state index contributed by atoms with van der Waals surface area (Å²) in [5.74, 6) is -0.540. The third-order valence-electron chi connectivity index (χ3n) is 3.93. The highest BCUT2D eigenvalue weighted by Gasteiger charge is 2.25. The van der Waals surface area contributed by atoms with Crippen molar-refractivity contribution in [2.24, 2.45) is 5.73 Å². The van der Waals surface area contributed by atoms with Crippen LogP contribution in [-0.2, 0) is 6.54 Å². The van der Waals surface area contributed by atoms with E-state index in [-0.39, 0.29) is 11.7 Å². The van der Waals surface area contributed by atoms with Crippen molar-refractivity contribution < 1.29 is 4.79 Å². The zero-order valence-corrected chi connectivity index (χ0v) is 11.9. The molecule has 7 nitrogen and oxygen atoms in total. The van der Waals surface area contributed by atoms with Gasteiger partial charge in [-0.15, -0.1) is 5.10 Å². The summed E-state index contributed by atoms with van der Waals surface area (Å²) in [7, 11) is 0. The van der Waals surface area contributed by atoms with Crippen LogP contribution in [0, 0.1) is 6.92 Å². The first-order valence-corrected chi connectivity index (χ1v) is 6.97. The number of nitrogens with two attached hydrogens (primary N) is 1. The summed E-state index contributed by atoms with van der Waals surface area (Å²) in [6.07, 6.45) is 6.35. The van der Waals surface area contributed by atoms with E-state index in [2.05, 4.69) is 27.1 Å². The van der Waals surface area contributed by atoms with Crippen molar-refractivity contribution in [3.8, 4) is 0 Å². The monoisotopic (exact) mass is 286 g/mol. The summed E-state index contributed by atoms with van der Waals surface area (Å²) in [5, 5.41) is 7.80. The molecule has 3 rings (SSSR count). The predicted molar refractivity (Wildman–Crippen MR) is 76.4 cm³/mol. The van der Waals surface area contributed by atoms with Gasteiger partial charge in [-0.3, -0.25) is 14.7 Å². The van der Waals surface area contributed by atoms with Crippen LogP contribution in [0.2, 0.25) is 0 Å². The van der Waals surface area contributed by atoms with Gasteiger partial charge in [0.1, 0.15) is 0 Å². The van der Waals surface area contributed by atoms with Crippen molar-refractivity contribution in [3.63, 3.8) is 0 Å². The van der Waals surface area contributed by atoms with Gasteiger partial charge in [-0.05, 0) is 30.5 Å². The number of likely N-dealkylation sites (tertiary alicyclic amines) is 1. The number of carbonyl (C=O) groups excluding carboxylic acids is 1. The maximum atomic E-state index is 11.1. The zero-order chi connectivity index (χ0) is 14.8. The molecule has 0 aromatic carbocycles. The Morgan fingerprint density at radius 2 is 2.38 bits per heavy atom. The van der Waals surface area contributed by atoms with E-state index in [1.165, 1.54) is 11.1 Å². The van der Waals surface area contributed by atoms with Crippen LogP contribution < -0.4 is 5.73 Å². The first-order valence-electron chi connectivity index (χ1n) is 6.97. The van der Waals surface area contributed by atoms with Gasteiger partial charge in [-0.25, -0.2) is 4.68 Å². The van der Waals surface area contributed by atoms with Crippen LogP contribution in [0.25, 0.3) is 0 Å². The zero-order valence-electron chi connectivity index (χ0n) is 11.9. The molecule has 0 saturated carbocycles. The second-order valence-corrected chi connectivity index (χ2v) is 5.43. The first-order chi connectivity index (χ1) is 10.1. The van der Waals surface area contributed by atoms with Crippen molar-refractivity contribution in [2.75, 3.05) is 13.1 Å². The van der Waals surface area contributed by atoms with Gasteiger partial charge in [0.15, 0.2) is 5.69 Å². The van der Waals surface area contributed by atoms with Crippen molar-refractivity contribution in [3.05, 3.63) is 41.5 Å². The molecular weight excluding hydrogens is 268 g/mol. The van der Waals surface area contributed by atoms with Crippen LogP contribution in [0.15, 0.2) is 24.7 Å². The van der Waals surface area contributed by atoms with Crippen molar-refractivity contribution in [2.45, 2.75) is 25.9 Å². The average Bonchev–Trinajstić information content (AvgIpc) is 3.10. The lowest BCUT2D eigenvalue weighted by Gasteiger charge is -2.17. The normalized spacial score (nSPS) is 19.0. The molecule has 7 heteroatoms. The van der Waals surface area contributed by atoms with E-state index in [4.69, 9.17) is 5.73 Å². The second-order valence-electron chi connectivity index (χ2n) is 5.43. The predicted octanol–water partition coefficient (Wildman–Crippen LogP) is 0.527. The second kappa shape index (κ2) is 5.61. The van der Waals surface area contributed by atoms with Gasteiger partial charge in [-0.2, -0.15) is 0 Å². The Morgan fingerprint density at radius 3 is 3.10 bits per heavy atom. The summed E-state index contributed by atoms with van der Waals surface area (Å²) in [6.45, 7) is 4.86. The molecule has 21 heavy (non-hydrogen) atoms. The Balaban J connectivity index is 1.65. The Labute approximate surface area is 122 Å². The number of amides is 1. The summed E-state index contributed by atoms with van der Waals surface area (Å²) >= 11 is 0. The minimum atomic E-state index is -0.540. The highest BCUT2D eigenvalue weighted by molar-refractivity contribution is 5.90. The number of nitrogens with zero attached hydrogens (tertiary/aromatic N) is 5. The smallest absolute Gasteiger partial charge is 0.270 e. The van der Waals surface area contributed by atoms with E-state index in [9.17, 15) is 4.79 Å². The van der Waals surface area contributed by atoms with Gasteiger partial charge in [0, 0.05) is 32.0 Å². The molecule has 2 aromatic heterocycles. The molecule has 1 atom stereocenters. The van der Waals surface area contributed by atoms with E-state index >= 15 is 0 Å². The highest BCUT2D eigenvalue weighted by Crippen LogP contribution is 2.23. The molecule has 1 aliphatic heterocycles. The van der Waals surface area contributed by atoms with E-state index < -0.39 is 5.91 Å². The largest absolute Gasteiger partial charge is 0.364 e. The Bertz CT molecular complexity index is 652. The lowest BCUT2D eigenvalue weighted by Crippen LogP contribution is -2.22. The fourth-order valence-corrected chi connectivity index (χ4v) is 2.64. The number of hydrogen-bond donors (Lipinski definition) is 1. The number of carbonyl (C=O) groups is 1. The fourth-order valence-electron chi connectivity index (χ4n) is 2.64. The van der Waals surface area contributed by atoms with Gasteiger partial charge < -0.3 is 5.73 Å². The van der Waals surface area contributed by atoms with Gasteiger partial charge >= 0.3 is 0 Å². The Morgan fingerprint density at radius 1 is 1.52 bits per heavy atom. The molecule has 0 bridgehead atoms. The molecule has 1 aliphatic rings. The van der Waals surface area contributed by atoms with Crippen molar-refractivity contribution in [1.29, 1.82) is 0 Å². The van der Waals surface area contributed by atoms with E-state index in [1.807, 2.05) is 18.5 Å². The molecule has 1 unspecified atom stereocenters. The number of aryl methyl sites for hydroxylation is 1. The summed E-state index contributed by atoms with van der Waals surface area (Å²) in [5.41, 5.74) is 7.92. The fraction of sp³-hybridized carbons (Fsp3) is 0.429. The molecular formula is C14H18N6O. The first kappa shape index (κ1) is 13.7. The number of hydrogen-bond acceptors (Lipinski definition) is 5. The Kier molecular flexibility index (Phi) is 3.66. The number of rotatable bonds is 4. The van der Waals surface area contributed by atoms with Crippen LogP contribution >= 0.6 is 0 Å². The molecule has 0 aliphatic carbocycles. The molecule has 3 heterocycles. The topological polar surface area (TPSA) is 89.9 Å². The van der Waals surface area contributed by atoms with Crippen LogP contribution in [0.3, 0.4) is 0 Å². The van der Waals surface area contributed by atoms with Gasteiger partial charge in [0.2, 0.25) is 0 Å². The molecule has 0 radical (unpaired) electrons. The third-order valence-corrected chi connectivity index (χ3v) is 3.93. The lowest BCUT2D eigenvalue weighted by atomic mass is 10.1. The third kappa shape index (κ3) is 2.92. The van der Waals surface area contributed by atoms with Crippen molar-refractivity contribution >= 4 is 5.91 Å². The maximum Gasteiger partial charge on any atom is 0.270 e. The molecule has 1 amide bonds. The maximum absolute atomic E-state index is 11.1. The van der Waals surface area contributed by atoms with Crippen LogP contribution in [0.4, 0.5) is 0 Å². The van der Waals surface area contributed by atoms with Crippen molar-refractivity contribution in [1.82, 2.24) is 24.9 Å². The quantitative estimate of drug-likeness (QED) is 0.885. The minimum absolute atomic E-state index is 0.219. The standard InChI is InChI=1S/C14H18N6O/c1-10-2-4-16-6-11(10)7-19-5-3-12(8-19)20-9-13(14(15)21)17-18-20/h2,4,6,9,12H,3,5,7-8H2,1H3,(H2,15,21). The summed E-state index contributed by atoms with van der Waals surface area (Å²) in [4.78, 5) is 17.6.